The zero-order valence-electron chi connectivity index (χ0n) is 22.2. The summed E-state index contributed by atoms with van der Waals surface area (Å²) in [6.07, 6.45) is 6.94. The summed E-state index contributed by atoms with van der Waals surface area (Å²) < 4.78 is 42.9. The van der Waals surface area contributed by atoms with Gasteiger partial charge in [0.2, 0.25) is 0 Å². The summed E-state index contributed by atoms with van der Waals surface area (Å²) in [6, 6.07) is -0.617. The molecule has 0 unspecified atom stereocenters. The van der Waals surface area contributed by atoms with E-state index < -0.39 is 29.4 Å². The van der Waals surface area contributed by atoms with Crippen LogP contribution in [-0.4, -0.2) is 53.1 Å². The van der Waals surface area contributed by atoms with Crippen LogP contribution in [0.2, 0.25) is 5.02 Å². The first-order chi connectivity index (χ1) is 18.0. The summed E-state index contributed by atoms with van der Waals surface area (Å²) >= 11 is 6.35. The third kappa shape index (κ3) is 7.80. The number of carbonyl (C=O) groups excluding carboxylic acids is 2. The number of hydrogen-bond acceptors (Lipinski definition) is 5. The van der Waals surface area contributed by atoms with Gasteiger partial charge >= 0.3 is 6.18 Å². The predicted octanol–water partition coefficient (Wildman–Crippen LogP) is 5.99. The van der Waals surface area contributed by atoms with Crippen LogP contribution in [0.3, 0.4) is 0 Å². The molecule has 0 aliphatic heterocycles. The Morgan fingerprint density at radius 3 is 2.42 bits per heavy atom. The highest BCUT2D eigenvalue weighted by molar-refractivity contribution is 6.31. The molecule has 1 aromatic heterocycles. The van der Waals surface area contributed by atoms with E-state index in [1.807, 2.05) is 6.92 Å². The Morgan fingerprint density at radius 2 is 1.87 bits per heavy atom. The monoisotopic (exact) mass is 554 g/mol. The van der Waals surface area contributed by atoms with E-state index >= 15 is 0 Å². The van der Waals surface area contributed by atoms with Crippen molar-refractivity contribution in [1.29, 1.82) is 0 Å². The number of aromatic nitrogens is 1. The van der Waals surface area contributed by atoms with E-state index in [2.05, 4.69) is 16.9 Å². The van der Waals surface area contributed by atoms with E-state index in [4.69, 9.17) is 17.3 Å². The standard InChI is InChI=1S/C28H38ClF3N4O2/c1-19-15-34-16-24(29)22(19)10-13-36(18-27(2)11-4-3-5-12-27)26(38)23(14-33)25(28(30,31)32)35-21-8-6-20(17-37)7-9-21/h14-17,20-21H,3-13,18,33H2,1-2H3. The van der Waals surface area contributed by atoms with Gasteiger partial charge in [0.15, 0.2) is 5.71 Å². The van der Waals surface area contributed by atoms with Crippen molar-refractivity contribution in [2.45, 2.75) is 90.3 Å². The van der Waals surface area contributed by atoms with Crippen molar-refractivity contribution in [3.05, 3.63) is 40.3 Å². The smallest absolute Gasteiger partial charge is 0.404 e. The molecule has 1 amide bonds. The molecule has 2 fully saturated rings. The number of nitrogens with zero attached hydrogens (tertiary/aromatic N) is 3. The topological polar surface area (TPSA) is 88.7 Å². The summed E-state index contributed by atoms with van der Waals surface area (Å²) in [6.45, 7) is 4.46. The summed E-state index contributed by atoms with van der Waals surface area (Å²) in [5.41, 5.74) is 5.30. The summed E-state index contributed by atoms with van der Waals surface area (Å²) in [5.74, 6) is -0.933. The Labute approximate surface area is 227 Å². The molecule has 38 heavy (non-hydrogen) atoms. The molecule has 2 aliphatic carbocycles. The molecule has 0 aromatic carbocycles. The minimum atomic E-state index is -4.85. The lowest BCUT2D eigenvalue weighted by Crippen LogP contribution is -2.45. The molecule has 2 N–H and O–H groups in total. The number of alkyl halides is 3. The van der Waals surface area contributed by atoms with Gasteiger partial charge < -0.3 is 15.4 Å². The molecule has 10 heteroatoms. The number of halogens is 4. The van der Waals surface area contributed by atoms with Gasteiger partial charge in [0, 0.05) is 37.6 Å². The Morgan fingerprint density at radius 1 is 1.21 bits per heavy atom. The van der Waals surface area contributed by atoms with Crippen LogP contribution in [0.25, 0.3) is 0 Å². The average Bonchev–Trinajstić information content (AvgIpc) is 2.87. The largest absolute Gasteiger partial charge is 0.433 e. The van der Waals surface area contributed by atoms with Crippen LogP contribution in [0.1, 0.15) is 75.8 Å². The lowest BCUT2D eigenvalue weighted by Gasteiger charge is -2.39. The fourth-order valence-electron chi connectivity index (χ4n) is 5.67. The highest BCUT2D eigenvalue weighted by Gasteiger charge is 2.43. The number of amides is 1. The van der Waals surface area contributed by atoms with Crippen molar-refractivity contribution in [2.75, 3.05) is 13.1 Å². The van der Waals surface area contributed by atoms with Gasteiger partial charge in [-0.25, -0.2) is 0 Å². The molecule has 0 radical (unpaired) electrons. The molecular formula is C28H38ClF3N4O2. The van der Waals surface area contributed by atoms with E-state index in [0.29, 0.717) is 43.7 Å². The van der Waals surface area contributed by atoms with E-state index in [1.54, 1.807) is 6.20 Å². The van der Waals surface area contributed by atoms with Crippen LogP contribution < -0.4 is 5.73 Å². The Kier molecular flexibility index (Phi) is 10.4. The second-order valence-corrected chi connectivity index (χ2v) is 11.4. The first kappa shape index (κ1) is 30.1. The fourth-order valence-corrected chi connectivity index (χ4v) is 5.97. The lowest BCUT2D eigenvalue weighted by atomic mass is 9.75. The van der Waals surface area contributed by atoms with Crippen LogP contribution in [0.5, 0.6) is 0 Å². The first-order valence-electron chi connectivity index (χ1n) is 13.4. The van der Waals surface area contributed by atoms with Gasteiger partial charge in [-0.3, -0.25) is 14.8 Å². The minimum Gasteiger partial charge on any atom is -0.404 e. The molecule has 1 aromatic rings. The predicted molar refractivity (Wildman–Crippen MR) is 143 cm³/mol. The molecule has 3 rings (SSSR count). The van der Waals surface area contributed by atoms with Gasteiger partial charge in [0.25, 0.3) is 5.91 Å². The zero-order valence-corrected chi connectivity index (χ0v) is 23.0. The summed E-state index contributed by atoms with van der Waals surface area (Å²) in [7, 11) is 0. The minimum absolute atomic E-state index is 0.155. The van der Waals surface area contributed by atoms with Crippen molar-refractivity contribution < 1.29 is 22.8 Å². The van der Waals surface area contributed by atoms with E-state index in [-0.39, 0.29) is 17.9 Å². The van der Waals surface area contributed by atoms with Gasteiger partial charge in [0.05, 0.1) is 16.6 Å². The Balaban J connectivity index is 1.91. The van der Waals surface area contributed by atoms with E-state index in [9.17, 15) is 22.8 Å². The number of aliphatic imine (C=N–C) groups is 1. The van der Waals surface area contributed by atoms with Crippen LogP contribution in [0, 0.1) is 18.3 Å². The highest BCUT2D eigenvalue weighted by Crippen LogP contribution is 2.37. The normalized spacial score (nSPS) is 22.7. The summed E-state index contributed by atoms with van der Waals surface area (Å²) in [5, 5.41) is 0.458. The first-order valence-corrected chi connectivity index (χ1v) is 13.8. The number of pyridine rings is 1. The summed E-state index contributed by atoms with van der Waals surface area (Å²) in [4.78, 5) is 34.4. The molecule has 0 bridgehead atoms. The molecule has 210 valence electrons. The molecule has 2 aliphatic rings. The molecule has 0 atom stereocenters. The number of aldehydes is 1. The van der Waals surface area contributed by atoms with Gasteiger partial charge in [-0.05, 0) is 68.4 Å². The second kappa shape index (κ2) is 13.1. The van der Waals surface area contributed by atoms with Crippen molar-refractivity contribution in [3.8, 4) is 0 Å². The highest BCUT2D eigenvalue weighted by atomic mass is 35.5. The van der Waals surface area contributed by atoms with Crippen molar-refractivity contribution in [2.24, 2.45) is 22.1 Å². The third-order valence-corrected chi connectivity index (χ3v) is 8.26. The van der Waals surface area contributed by atoms with Crippen molar-refractivity contribution >= 4 is 29.5 Å². The van der Waals surface area contributed by atoms with E-state index in [0.717, 1.165) is 55.7 Å². The lowest BCUT2D eigenvalue weighted by molar-refractivity contribution is -0.129. The molecule has 1 heterocycles. The quantitative estimate of drug-likeness (QED) is 0.231. The number of nitrogens with two attached hydrogens (primary N) is 1. The van der Waals surface area contributed by atoms with Crippen molar-refractivity contribution in [3.63, 3.8) is 0 Å². The number of carbonyl (C=O) groups is 2. The number of hydrogen-bond donors (Lipinski definition) is 1. The Bertz CT molecular complexity index is 1020. The molecule has 2 saturated carbocycles. The molecule has 0 spiro atoms. The van der Waals surface area contributed by atoms with Crippen LogP contribution in [0.15, 0.2) is 29.2 Å². The maximum absolute atomic E-state index is 14.3. The zero-order chi connectivity index (χ0) is 27.9. The van der Waals surface area contributed by atoms with Gasteiger partial charge in [-0.15, -0.1) is 0 Å². The van der Waals surface area contributed by atoms with Gasteiger partial charge in [-0.2, -0.15) is 13.2 Å². The maximum atomic E-state index is 14.3. The molecule has 6 nitrogen and oxygen atoms in total. The fraction of sp³-hybridized carbons (Fsp3) is 0.643. The molecular weight excluding hydrogens is 517 g/mol. The Hall–Kier alpha value is -2.42. The molecule has 0 saturated heterocycles. The SMILES string of the molecule is Cc1cncc(Cl)c1CCN(CC1(C)CCCCC1)C(=O)C(=CN)C(=NC1CCC(C=O)CC1)C(F)(F)F. The maximum Gasteiger partial charge on any atom is 0.433 e. The second-order valence-electron chi connectivity index (χ2n) is 11.0. The van der Waals surface area contributed by atoms with Crippen molar-refractivity contribution in [1.82, 2.24) is 9.88 Å². The average molecular weight is 555 g/mol. The number of rotatable bonds is 9. The van der Waals surface area contributed by atoms with Crippen LogP contribution in [-0.2, 0) is 16.0 Å². The number of aryl methyl sites for hydroxylation is 1. The third-order valence-electron chi connectivity index (χ3n) is 7.94. The van der Waals surface area contributed by atoms with Crippen LogP contribution >= 0.6 is 11.6 Å². The van der Waals surface area contributed by atoms with E-state index in [1.165, 1.54) is 11.1 Å². The van der Waals surface area contributed by atoms with Gasteiger partial charge in [0.1, 0.15) is 6.29 Å². The van der Waals surface area contributed by atoms with Crippen LogP contribution in [0.4, 0.5) is 13.2 Å². The van der Waals surface area contributed by atoms with Gasteiger partial charge in [-0.1, -0.05) is 37.8 Å².